The van der Waals surface area contributed by atoms with Gasteiger partial charge in [0.15, 0.2) is 0 Å². The molecule has 0 unspecified atom stereocenters. The molecule has 0 bridgehead atoms. The Hall–Kier alpha value is -1.10. The summed E-state index contributed by atoms with van der Waals surface area (Å²) in [4.78, 5) is 14.5. The number of nitrogens with zero attached hydrogens (tertiary/aromatic N) is 1. The second-order valence-electron chi connectivity index (χ2n) is 5.33. The van der Waals surface area contributed by atoms with Crippen molar-refractivity contribution in [2.24, 2.45) is 0 Å². The van der Waals surface area contributed by atoms with Crippen molar-refractivity contribution in [1.82, 2.24) is 4.90 Å². The van der Waals surface area contributed by atoms with Gasteiger partial charge in [-0.15, -0.1) is 0 Å². The second-order valence-corrected chi connectivity index (χ2v) is 6.12. The molecule has 1 saturated carbocycles. The number of hydrogen-bond donors (Lipinski definition) is 0. The fourth-order valence-electron chi connectivity index (χ4n) is 2.88. The fraction of sp³-hybridized carbons (Fsp3) is 0.562. The van der Waals surface area contributed by atoms with Crippen molar-refractivity contribution in [3.05, 3.63) is 29.6 Å². The third kappa shape index (κ3) is 3.96. The van der Waals surface area contributed by atoms with Crippen LogP contribution in [0.15, 0.2) is 18.2 Å². The van der Waals surface area contributed by atoms with Gasteiger partial charge in [0.25, 0.3) is 5.91 Å². The molecule has 1 aromatic rings. The molecule has 0 spiro atoms. The highest BCUT2D eigenvalue weighted by Crippen LogP contribution is 2.25. The molecule has 5 heteroatoms. The summed E-state index contributed by atoms with van der Waals surface area (Å²) in [6.45, 7) is 0.606. The molecule has 0 aromatic heterocycles. The van der Waals surface area contributed by atoms with Crippen LogP contribution in [0.1, 0.15) is 42.5 Å². The Morgan fingerprint density at radius 1 is 1.38 bits per heavy atom. The Bertz CT molecular complexity index is 489. The Kier molecular flexibility index (Phi) is 6.03. The third-order valence-electron chi connectivity index (χ3n) is 4.01. The number of halogens is 2. The number of alkyl halides is 1. The van der Waals surface area contributed by atoms with E-state index in [4.69, 9.17) is 4.74 Å². The Morgan fingerprint density at radius 3 is 2.67 bits per heavy atom. The molecule has 1 fully saturated rings. The van der Waals surface area contributed by atoms with E-state index in [9.17, 15) is 9.18 Å². The SMILES string of the molecule is COc1ccc(C(=O)N(CCBr)C2CCCCC2)c(F)c1. The van der Waals surface area contributed by atoms with Crippen LogP contribution in [-0.4, -0.2) is 35.8 Å². The molecule has 3 nitrogen and oxygen atoms in total. The number of carbonyl (C=O) groups excluding carboxylic acids is 1. The van der Waals surface area contributed by atoms with Crippen LogP contribution < -0.4 is 4.74 Å². The van der Waals surface area contributed by atoms with E-state index in [-0.39, 0.29) is 17.5 Å². The summed E-state index contributed by atoms with van der Waals surface area (Å²) in [5.41, 5.74) is 0.127. The van der Waals surface area contributed by atoms with Gasteiger partial charge >= 0.3 is 0 Å². The number of methoxy groups -OCH3 is 1. The summed E-state index contributed by atoms with van der Waals surface area (Å²) >= 11 is 3.39. The summed E-state index contributed by atoms with van der Waals surface area (Å²) in [6.07, 6.45) is 5.53. The van der Waals surface area contributed by atoms with E-state index in [0.717, 1.165) is 25.7 Å². The van der Waals surface area contributed by atoms with E-state index in [0.29, 0.717) is 17.6 Å². The van der Waals surface area contributed by atoms with Gasteiger partial charge in [0, 0.05) is 24.0 Å². The van der Waals surface area contributed by atoms with Crippen molar-refractivity contribution in [2.75, 3.05) is 19.0 Å². The van der Waals surface area contributed by atoms with Crippen molar-refractivity contribution in [1.29, 1.82) is 0 Å². The number of ether oxygens (including phenoxy) is 1. The molecule has 116 valence electrons. The number of amides is 1. The first-order valence-corrected chi connectivity index (χ1v) is 8.50. The topological polar surface area (TPSA) is 29.5 Å². The minimum atomic E-state index is -0.519. The number of benzene rings is 1. The van der Waals surface area contributed by atoms with Gasteiger partial charge in [-0.1, -0.05) is 35.2 Å². The molecule has 1 aliphatic rings. The molecule has 1 aliphatic carbocycles. The van der Waals surface area contributed by atoms with E-state index in [2.05, 4.69) is 15.9 Å². The lowest BCUT2D eigenvalue weighted by atomic mass is 9.93. The molecule has 0 saturated heterocycles. The minimum Gasteiger partial charge on any atom is -0.497 e. The highest BCUT2D eigenvalue weighted by Gasteiger charge is 2.27. The molecule has 0 heterocycles. The van der Waals surface area contributed by atoms with Gasteiger partial charge in [0.05, 0.1) is 12.7 Å². The zero-order valence-electron chi connectivity index (χ0n) is 12.3. The van der Waals surface area contributed by atoms with Gasteiger partial charge < -0.3 is 9.64 Å². The van der Waals surface area contributed by atoms with Crippen molar-refractivity contribution in [3.63, 3.8) is 0 Å². The second kappa shape index (κ2) is 7.78. The average Bonchev–Trinajstić information content (AvgIpc) is 2.52. The van der Waals surface area contributed by atoms with Crippen LogP contribution in [0.4, 0.5) is 4.39 Å². The lowest BCUT2D eigenvalue weighted by Gasteiger charge is -2.34. The predicted molar refractivity (Wildman–Crippen MR) is 84.7 cm³/mol. The molecule has 0 atom stereocenters. The quantitative estimate of drug-likeness (QED) is 0.745. The standard InChI is InChI=1S/C16H21BrFNO2/c1-21-13-7-8-14(15(18)11-13)16(20)19(10-9-17)12-5-3-2-4-6-12/h7-8,11-12H,2-6,9-10H2,1H3. The van der Waals surface area contributed by atoms with E-state index in [1.54, 1.807) is 6.07 Å². The van der Waals surface area contributed by atoms with Gasteiger partial charge in [0.1, 0.15) is 11.6 Å². The maximum Gasteiger partial charge on any atom is 0.257 e. The first-order valence-electron chi connectivity index (χ1n) is 7.38. The number of carbonyl (C=O) groups is 1. The highest BCUT2D eigenvalue weighted by molar-refractivity contribution is 9.09. The molecular formula is C16H21BrFNO2. The minimum absolute atomic E-state index is 0.127. The lowest BCUT2D eigenvalue weighted by molar-refractivity contribution is 0.0646. The van der Waals surface area contributed by atoms with Crippen LogP contribution in [-0.2, 0) is 0 Å². The summed E-state index contributed by atoms with van der Waals surface area (Å²) in [5, 5.41) is 0.701. The third-order valence-corrected chi connectivity index (χ3v) is 4.36. The molecular weight excluding hydrogens is 337 g/mol. The van der Waals surface area contributed by atoms with Gasteiger partial charge in [0.2, 0.25) is 0 Å². The predicted octanol–water partition coefficient (Wildman–Crippen LogP) is 4.00. The first-order chi connectivity index (χ1) is 10.2. The van der Waals surface area contributed by atoms with E-state index in [1.807, 2.05) is 4.90 Å². The van der Waals surface area contributed by atoms with Gasteiger partial charge in [-0.2, -0.15) is 0 Å². The summed E-state index contributed by atoms with van der Waals surface area (Å²) in [6, 6.07) is 4.63. The average molecular weight is 358 g/mol. The van der Waals surface area contributed by atoms with Crippen LogP contribution >= 0.6 is 15.9 Å². The van der Waals surface area contributed by atoms with Crippen molar-refractivity contribution < 1.29 is 13.9 Å². The zero-order chi connectivity index (χ0) is 15.2. The van der Waals surface area contributed by atoms with E-state index >= 15 is 0 Å². The normalized spacial score (nSPS) is 15.8. The molecule has 1 amide bonds. The molecule has 0 aliphatic heterocycles. The molecule has 1 aromatic carbocycles. The Labute approximate surface area is 133 Å². The maximum atomic E-state index is 14.1. The van der Waals surface area contributed by atoms with Crippen LogP contribution in [0.2, 0.25) is 0 Å². The highest BCUT2D eigenvalue weighted by atomic mass is 79.9. The van der Waals surface area contributed by atoms with Crippen LogP contribution in [0.25, 0.3) is 0 Å². The summed E-state index contributed by atoms with van der Waals surface area (Å²) < 4.78 is 19.1. The monoisotopic (exact) mass is 357 g/mol. The molecule has 0 N–H and O–H groups in total. The number of rotatable bonds is 5. The van der Waals surface area contributed by atoms with Crippen molar-refractivity contribution in [2.45, 2.75) is 38.1 Å². The van der Waals surface area contributed by atoms with Crippen LogP contribution in [0, 0.1) is 5.82 Å². The van der Waals surface area contributed by atoms with Gasteiger partial charge in [-0.05, 0) is 25.0 Å². The smallest absolute Gasteiger partial charge is 0.257 e. The first kappa shape index (κ1) is 16.3. The number of hydrogen-bond acceptors (Lipinski definition) is 2. The van der Waals surface area contributed by atoms with Gasteiger partial charge in [-0.25, -0.2) is 4.39 Å². The lowest BCUT2D eigenvalue weighted by Crippen LogP contribution is -2.42. The summed E-state index contributed by atoms with van der Waals surface area (Å²) in [7, 11) is 1.48. The Balaban J connectivity index is 2.21. The van der Waals surface area contributed by atoms with Crippen LogP contribution in [0.3, 0.4) is 0 Å². The largest absolute Gasteiger partial charge is 0.497 e. The molecule has 0 radical (unpaired) electrons. The fourth-order valence-corrected chi connectivity index (χ4v) is 3.27. The van der Waals surface area contributed by atoms with E-state index in [1.165, 1.54) is 25.7 Å². The Morgan fingerprint density at radius 2 is 2.10 bits per heavy atom. The van der Waals surface area contributed by atoms with Crippen molar-refractivity contribution >= 4 is 21.8 Å². The van der Waals surface area contributed by atoms with Crippen LogP contribution in [0.5, 0.6) is 5.75 Å². The van der Waals surface area contributed by atoms with Crippen molar-refractivity contribution in [3.8, 4) is 5.75 Å². The van der Waals surface area contributed by atoms with E-state index < -0.39 is 5.82 Å². The summed E-state index contributed by atoms with van der Waals surface area (Å²) in [5.74, 6) is -0.315. The zero-order valence-corrected chi connectivity index (χ0v) is 13.9. The molecule has 21 heavy (non-hydrogen) atoms. The molecule has 2 rings (SSSR count). The van der Waals surface area contributed by atoms with Gasteiger partial charge in [-0.3, -0.25) is 4.79 Å². The maximum absolute atomic E-state index is 14.1.